The van der Waals surface area contributed by atoms with E-state index < -0.39 is 15.9 Å². The van der Waals surface area contributed by atoms with E-state index in [4.69, 9.17) is 21.5 Å². The highest BCUT2D eigenvalue weighted by Crippen LogP contribution is 2.30. The van der Waals surface area contributed by atoms with Gasteiger partial charge in [-0.25, -0.2) is 13.6 Å². The molecule has 1 amide bonds. The van der Waals surface area contributed by atoms with Crippen LogP contribution in [0.4, 0.5) is 0 Å². The molecule has 0 radical (unpaired) electrons. The number of ether oxygens (including phenoxy) is 1. The second kappa shape index (κ2) is 6.21. The van der Waals surface area contributed by atoms with Crippen LogP contribution in [0.1, 0.15) is 23.2 Å². The number of nitrogens with two attached hydrogens (primary N) is 1. The third-order valence-corrected chi connectivity index (χ3v) is 5.23. The van der Waals surface area contributed by atoms with Crippen molar-refractivity contribution in [3.05, 3.63) is 27.2 Å². The fourth-order valence-electron chi connectivity index (χ4n) is 2.08. The van der Waals surface area contributed by atoms with Crippen LogP contribution in [0.2, 0.25) is 5.02 Å². The molecule has 1 saturated carbocycles. The minimum absolute atomic E-state index is 0.00423. The van der Waals surface area contributed by atoms with Crippen LogP contribution in [0.15, 0.2) is 21.5 Å². The van der Waals surface area contributed by atoms with Crippen molar-refractivity contribution in [1.29, 1.82) is 0 Å². The highest BCUT2D eigenvalue weighted by Gasteiger charge is 2.31. The molecular formula is C12H14BrClN2O4S. The van der Waals surface area contributed by atoms with Gasteiger partial charge in [-0.05, 0) is 25.0 Å². The molecule has 0 bridgehead atoms. The van der Waals surface area contributed by atoms with Crippen LogP contribution in [-0.4, -0.2) is 33.6 Å². The first kappa shape index (κ1) is 16.7. The second-order valence-electron chi connectivity index (χ2n) is 4.81. The molecule has 0 aromatic heterocycles. The Kier molecular flexibility index (Phi) is 4.94. The second-order valence-corrected chi connectivity index (χ2v) is 7.63. The zero-order valence-corrected chi connectivity index (χ0v) is 14.3. The van der Waals surface area contributed by atoms with Gasteiger partial charge >= 0.3 is 0 Å². The lowest BCUT2D eigenvalue weighted by Crippen LogP contribution is -2.47. The molecule has 1 aromatic rings. The molecule has 3 N–H and O–H groups in total. The Morgan fingerprint density at radius 3 is 2.62 bits per heavy atom. The van der Waals surface area contributed by atoms with Crippen molar-refractivity contribution in [3.63, 3.8) is 0 Å². The number of carbonyl (C=O) groups is 1. The van der Waals surface area contributed by atoms with Gasteiger partial charge in [-0.2, -0.15) is 0 Å². The quantitative estimate of drug-likeness (QED) is 0.807. The smallest absolute Gasteiger partial charge is 0.253 e. The van der Waals surface area contributed by atoms with Gasteiger partial charge in [0.1, 0.15) is 4.90 Å². The summed E-state index contributed by atoms with van der Waals surface area (Å²) >= 11 is 9.14. The summed E-state index contributed by atoms with van der Waals surface area (Å²) in [5.41, 5.74) is 0.0657. The van der Waals surface area contributed by atoms with Crippen molar-refractivity contribution in [2.45, 2.75) is 29.9 Å². The van der Waals surface area contributed by atoms with Crippen LogP contribution in [-0.2, 0) is 14.8 Å². The first-order valence-electron chi connectivity index (χ1n) is 6.08. The Bertz CT molecular complexity index is 674. The lowest BCUT2D eigenvalue weighted by molar-refractivity contribution is 0.0176. The molecule has 0 aliphatic heterocycles. The molecule has 0 saturated heterocycles. The first-order valence-corrected chi connectivity index (χ1v) is 8.79. The molecule has 1 fully saturated rings. The third-order valence-electron chi connectivity index (χ3n) is 3.32. The Labute approximate surface area is 136 Å². The lowest BCUT2D eigenvalue weighted by Gasteiger charge is -2.34. The maximum Gasteiger partial charge on any atom is 0.253 e. The minimum Gasteiger partial charge on any atom is -0.381 e. The number of sulfonamides is 1. The summed E-state index contributed by atoms with van der Waals surface area (Å²) in [4.78, 5) is 11.9. The summed E-state index contributed by atoms with van der Waals surface area (Å²) in [6.07, 6.45) is 1.58. The molecular weight excluding hydrogens is 384 g/mol. The zero-order valence-electron chi connectivity index (χ0n) is 11.1. The Hall–Kier alpha value is -0.670. The maximum absolute atomic E-state index is 12.2. The van der Waals surface area contributed by atoms with Crippen LogP contribution in [0.25, 0.3) is 0 Å². The van der Waals surface area contributed by atoms with Crippen molar-refractivity contribution in [1.82, 2.24) is 5.32 Å². The molecule has 0 heterocycles. The summed E-state index contributed by atoms with van der Waals surface area (Å²) in [6.45, 7) is 0. The van der Waals surface area contributed by atoms with Crippen LogP contribution < -0.4 is 10.5 Å². The number of rotatable bonds is 4. The predicted molar refractivity (Wildman–Crippen MR) is 81.8 cm³/mol. The number of primary sulfonamides is 1. The summed E-state index contributed by atoms with van der Waals surface area (Å²) in [5.74, 6) is -0.439. The van der Waals surface area contributed by atoms with Crippen molar-refractivity contribution in [2.24, 2.45) is 5.14 Å². The van der Waals surface area contributed by atoms with E-state index in [0.29, 0.717) is 4.47 Å². The standard InChI is InChI=1S/C12H14BrClN2O4S/c1-20-8-4-7(5-8)16-12(17)9-2-6(13)3-10(11(9)14)21(15,18)19/h2-3,7-8H,4-5H2,1H3,(H,16,17)(H2,15,18,19). The highest BCUT2D eigenvalue weighted by molar-refractivity contribution is 9.10. The van der Waals surface area contributed by atoms with Crippen LogP contribution in [0.5, 0.6) is 0 Å². The molecule has 116 valence electrons. The molecule has 1 aromatic carbocycles. The van der Waals surface area contributed by atoms with Gasteiger partial charge in [-0.15, -0.1) is 0 Å². The fraction of sp³-hybridized carbons (Fsp3) is 0.417. The van der Waals surface area contributed by atoms with E-state index in [1.807, 2.05) is 0 Å². The summed E-state index contributed by atoms with van der Waals surface area (Å²) < 4.78 is 28.5. The molecule has 6 nitrogen and oxygen atoms in total. The van der Waals surface area contributed by atoms with E-state index in [0.717, 1.165) is 12.8 Å². The normalized spacial score (nSPS) is 21.7. The largest absolute Gasteiger partial charge is 0.381 e. The number of hydrogen-bond acceptors (Lipinski definition) is 4. The van der Waals surface area contributed by atoms with Gasteiger partial charge in [-0.1, -0.05) is 27.5 Å². The van der Waals surface area contributed by atoms with E-state index in [1.54, 1.807) is 7.11 Å². The summed E-state index contributed by atoms with van der Waals surface area (Å²) in [7, 11) is -2.39. The Morgan fingerprint density at radius 2 is 2.10 bits per heavy atom. The number of methoxy groups -OCH3 is 1. The molecule has 0 spiro atoms. The Morgan fingerprint density at radius 1 is 1.48 bits per heavy atom. The molecule has 1 aliphatic rings. The Balaban J connectivity index is 2.24. The average Bonchev–Trinajstić information content (AvgIpc) is 2.33. The molecule has 21 heavy (non-hydrogen) atoms. The highest BCUT2D eigenvalue weighted by atomic mass is 79.9. The van der Waals surface area contributed by atoms with Gasteiger partial charge < -0.3 is 10.1 Å². The molecule has 1 aliphatic carbocycles. The molecule has 0 atom stereocenters. The summed E-state index contributed by atoms with van der Waals surface area (Å²) in [5, 5.41) is 7.69. The van der Waals surface area contributed by atoms with Crippen molar-refractivity contribution in [2.75, 3.05) is 7.11 Å². The van der Waals surface area contributed by atoms with Gasteiger partial charge in [0.25, 0.3) is 5.91 Å². The number of hydrogen-bond donors (Lipinski definition) is 2. The average molecular weight is 398 g/mol. The van der Waals surface area contributed by atoms with E-state index in [2.05, 4.69) is 21.2 Å². The van der Waals surface area contributed by atoms with Crippen molar-refractivity contribution >= 4 is 43.5 Å². The van der Waals surface area contributed by atoms with Gasteiger partial charge in [0.05, 0.1) is 16.7 Å². The van der Waals surface area contributed by atoms with Crippen LogP contribution in [0, 0.1) is 0 Å². The minimum atomic E-state index is -4.01. The van der Waals surface area contributed by atoms with Crippen molar-refractivity contribution < 1.29 is 17.9 Å². The van der Waals surface area contributed by atoms with E-state index in [-0.39, 0.29) is 27.6 Å². The molecule has 2 rings (SSSR count). The molecule has 9 heteroatoms. The number of benzene rings is 1. The summed E-state index contributed by atoms with van der Waals surface area (Å²) in [6, 6.07) is 2.72. The van der Waals surface area contributed by atoms with Gasteiger partial charge in [0.15, 0.2) is 0 Å². The van der Waals surface area contributed by atoms with Gasteiger partial charge in [-0.3, -0.25) is 4.79 Å². The van der Waals surface area contributed by atoms with Crippen LogP contribution >= 0.6 is 27.5 Å². The monoisotopic (exact) mass is 396 g/mol. The van der Waals surface area contributed by atoms with Crippen LogP contribution in [0.3, 0.4) is 0 Å². The first-order chi connectivity index (χ1) is 9.72. The third kappa shape index (κ3) is 3.75. The maximum atomic E-state index is 12.2. The van der Waals surface area contributed by atoms with E-state index in [1.165, 1.54) is 12.1 Å². The van der Waals surface area contributed by atoms with E-state index in [9.17, 15) is 13.2 Å². The number of amides is 1. The van der Waals surface area contributed by atoms with E-state index >= 15 is 0 Å². The van der Waals surface area contributed by atoms with Crippen molar-refractivity contribution in [3.8, 4) is 0 Å². The van der Waals surface area contributed by atoms with Gasteiger partial charge in [0, 0.05) is 17.6 Å². The lowest BCUT2D eigenvalue weighted by atomic mass is 9.89. The molecule has 0 unspecified atom stereocenters. The number of nitrogens with one attached hydrogen (secondary N) is 1. The fourth-order valence-corrected chi connectivity index (χ4v) is 3.85. The topological polar surface area (TPSA) is 98.5 Å². The number of halogens is 2. The zero-order chi connectivity index (χ0) is 15.8. The van der Waals surface area contributed by atoms with Gasteiger partial charge in [0.2, 0.25) is 10.0 Å². The SMILES string of the molecule is COC1CC(NC(=O)c2cc(Br)cc(S(N)(=O)=O)c2Cl)C1. The predicted octanol–water partition coefficient (Wildman–Crippen LogP) is 1.66. The number of carbonyl (C=O) groups excluding carboxylic acids is 1.